The largest absolute Gasteiger partial charge is 0.353 e. The Labute approximate surface area is 182 Å². The molecule has 0 atom stereocenters. The number of anilines is 3. The van der Waals surface area contributed by atoms with Crippen molar-refractivity contribution in [3.8, 4) is 0 Å². The third-order valence-corrected chi connectivity index (χ3v) is 6.41. The van der Waals surface area contributed by atoms with E-state index in [0.717, 1.165) is 28.5 Å². The Morgan fingerprint density at radius 3 is 2.48 bits per heavy atom. The number of hydrogen-bond donors (Lipinski definition) is 1. The van der Waals surface area contributed by atoms with Crippen molar-refractivity contribution in [1.82, 2.24) is 14.9 Å². The number of nitrogens with zero attached hydrogens (tertiary/aromatic N) is 5. The lowest BCUT2D eigenvalue weighted by Gasteiger charge is -2.35. The zero-order valence-corrected chi connectivity index (χ0v) is 17.5. The van der Waals surface area contributed by atoms with Gasteiger partial charge in [0.2, 0.25) is 11.8 Å². The summed E-state index contributed by atoms with van der Waals surface area (Å²) in [6, 6.07) is 11.0. The molecular formula is C21H20N6O3S. The maximum Gasteiger partial charge on any atom is 0.321 e. The number of carbonyl (C=O) groups excluding carboxylic acids is 3. The number of imide groups is 1. The number of thiazole rings is 1. The number of piperazine rings is 1. The first kappa shape index (κ1) is 19.4. The molecule has 0 spiro atoms. The van der Waals surface area contributed by atoms with Gasteiger partial charge in [-0.3, -0.25) is 9.59 Å². The van der Waals surface area contributed by atoms with Gasteiger partial charge in [0, 0.05) is 50.9 Å². The van der Waals surface area contributed by atoms with E-state index in [0.29, 0.717) is 29.4 Å². The second-order valence-electron chi connectivity index (χ2n) is 7.39. The minimum absolute atomic E-state index is 0.158. The summed E-state index contributed by atoms with van der Waals surface area (Å²) in [5, 5.41) is 3.32. The maximum absolute atomic E-state index is 12.7. The van der Waals surface area contributed by atoms with Gasteiger partial charge in [-0.25, -0.2) is 19.7 Å². The molecule has 0 bridgehead atoms. The average Bonchev–Trinajstić information content (AvgIpc) is 3.36. The van der Waals surface area contributed by atoms with Crippen LogP contribution in [0.1, 0.15) is 12.8 Å². The third kappa shape index (κ3) is 3.81. The van der Waals surface area contributed by atoms with Crippen molar-refractivity contribution in [2.24, 2.45) is 0 Å². The molecule has 1 N–H and O–H groups in total. The van der Waals surface area contributed by atoms with Crippen molar-refractivity contribution in [3.05, 3.63) is 42.6 Å². The minimum atomic E-state index is -0.220. The molecule has 2 fully saturated rings. The number of fused-ring (bicyclic) bond motifs is 1. The van der Waals surface area contributed by atoms with E-state index in [1.54, 1.807) is 23.2 Å². The zero-order chi connectivity index (χ0) is 21.4. The SMILES string of the molecule is O=C(Nc1ccc2nc(N3C(=O)CCC3=O)sc2c1)N1CCN(c2ccccn2)CC1. The number of amides is 4. The van der Waals surface area contributed by atoms with E-state index in [9.17, 15) is 14.4 Å². The van der Waals surface area contributed by atoms with Crippen molar-refractivity contribution in [1.29, 1.82) is 0 Å². The summed E-state index contributed by atoms with van der Waals surface area (Å²) in [5.41, 5.74) is 1.34. The van der Waals surface area contributed by atoms with Crippen LogP contribution < -0.4 is 15.1 Å². The molecule has 2 aliphatic heterocycles. The smallest absolute Gasteiger partial charge is 0.321 e. The minimum Gasteiger partial charge on any atom is -0.353 e. The van der Waals surface area contributed by atoms with Crippen LogP contribution in [0.4, 0.5) is 21.4 Å². The number of benzene rings is 1. The lowest BCUT2D eigenvalue weighted by Crippen LogP contribution is -2.50. The van der Waals surface area contributed by atoms with Crippen LogP contribution in [0.15, 0.2) is 42.6 Å². The van der Waals surface area contributed by atoms with Crippen molar-refractivity contribution in [2.75, 3.05) is 41.3 Å². The molecule has 1 aromatic carbocycles. The standard InChI is InChI=1S/C21H20N6O3S/c28-18-6-7-19(29)27(18)21-24-15-5-4-14(13-16(15)31-21)23-20(30)26-11-9-25(10-12-26)17-3-1-2-8-22-17/h1-5,8,13H,6-7,9-12H2,(H,23,30). The Kier molecular flexibility index (Phi) is 4.99. The van der Waals surface area contributed by atoms with Gasteiger partial charge in [0.15, 0.2) is 5.13 Å². The highest BCUT2D eigenvalue weighted by Crippen LogP contribution is 2.33. The van der Waals surface area contributed by atoms with Gasteiger partial charge in [-0.1, -0.05) is 17.4 Å². The van der Waals surface area contributed by atoms with Gasteiger partial charge in [0.1, 0.15) is 5.82 Å². The van der Waals surface area contributed by atoms with Crippen LogP contribution >= 0.6 is 11.3 Å². The number of hydrogen-bond acceptors (Lipinski definition) is 7. The summed E-state index contributed by atoms with van der Waals surface area (Å²) in [7, 11) is 0. The number of carbonyl (C=O) groups is 3. The van der Waals surface area contributed by atoms with E-state index in [2.05, 4.69) is 20.2 Å². The first-order valence-corrected chi connectivity index (χ1v) is 10.9. The summed E-state index contributed by atoms with van der Waals surface area (Å²) >= 11 is 1.27. The highest BCUT2D eigenvalue weighted by molar-refractivity contribution is 7.22. The molecule has 4 amide bonds. The second-order valence-corrected chi connectivity index (χ2v) is 8.40. The Hall–Kier alpha value is -3.53. The summed E-state index contributed by atoms with van der Waals surface area (Å²) in [4.78, 5) is 50.5. The molecule has 0 unspecified atom stereocenters. The lowest BCUT2D eigenvalue weighted by molar-refractivity contribution is -0.121. The van der Waals surface area contributed by atoms with Gasteiger partial charge < -0.3 is 15.1 Å². The molecule has 5 rings (SSSR count). The average molecular weight is 436 g/mol. The lowest BCUT2D eigenvalue weighted by atomic mass is 10.3. The van der Waals surface area contributed by atoms with Crippen LogP contribution in [0.25, 0.3) is 10.2 Å². The molecule has 3 aromatic rings. The molecule has 2 aliphatic rings. The molecule has 0 radical (unpaired) electrons. The highest BCUT2D eigenvalue weighted by atomic mass is 32.1. The normalized spacial score (nSPS) is 17.0. The van der Waals surface area contributed by atoms with E-state index < -0.39 is 0 Å². The predicted octanol–water partition coefficient (Wildman–Crippen LogP) is 2.70. The fourth-order valence-electron chi connectivity index (χ4n) is 3.76. The fourth-order valence-corrected chi connectivity index (χ4v) is 4.80. The number of nitrogens with one attached hydrogen (secondary N) is 1. The summed E-state index contributed by atoms with van der Waals surface area (Å²) in [6.07, 6.45) is 2.22. The second kappa shape index (κ2) is 7.95. The van der Waals surface area contributed by atoms with Gasteiger partial charge in [-0.15, -0.1) is 0 Å². The van der Waals surface area contributed by atoms with Crippen molar-refractivity contribution >= 4 is 56.0 Å². The number of aromatic nitrogens is 2. The molecule has 0 aliphatic carbocycles. The van der Waals surface area contributed by atoms with Gasteiger partial charge in [0.05, 0.1) is 10.2 Å². The molecular weight excluding hydrogens is 416 g/mol. The van der Waals surface area contributed by atoms with Gasteiger partial charge >= 0.3 is 6.03 Å². The van der Waals surface area contributed by atoms with Gasteiger partial charge in [-0.05, 0) is 30.3 Å². The van der Waals surface area contributed by atoms with Crippen molar-refractivity contribution in [3.63, 3.8) is 0 Å². The molecule has 0 saturated carbocycles. The van der Waals surface area contributed by atoms with E-state index >= 15 is 0 Å². The van der Waals surface area contributed by atoms with Gasteiger partial charge in [-0.2, -0.15) is 0 Å². The molecule has 4 heterocycles. The van der Waals surface area contributed by atoms with E-state index in [4.69, 9.17) is 0 Å². The molecule has 2 saturated heterocycles. The predicted molar refractivity (Wildman–Crippen MR) is 118 cm³/mol. The van der Waals surface area contributed by atoms with Crippen LogP contribution in [0.5, 0.6) is 0 Å². The number of rotatable bonds is 3. The molecule has 158 valence electrons. The van der Waals surface area contributed by atoms with Crippen LogP contribution in [-0.4, -0.2) is 58.9 Å². The van der Waals surface area contributed by atoms with Crippen molar-refractivity contribution < 1.29 is 14.4 Å². The maximum atomic E-state index is 12.7. The van der Waals surface area contributed by atoms with Crippen LogP contribution in [0, 0.1) is 0 Å². The highest BCUT2D eigenvalue weighted by Gasteiger charge is 2.32. The number of urea groups is 1. The first-order valence-electron chi connectivity index (χ1n) is 10.1. The Bertz CT molecular complexity index is 1140. The van der Waals surface area contributed by atoms with Crippen LogP contribution in [0.3, 0.4) is 0 Å². The summed E-state index contributed by atoms with van der Waals surface area (Å²) in [5.74, 6) is 0.480. The topological polar surface area (TPSA) is 98.7 Å². The fraction of sp³-hybridized carbons (Fsp3) is 0.286. The molecule has 9 nitrogen and oxygen atoms in total. The molecule has 10 heteroatoms. The summed E-state index contributed by atoms with van der Waals surface area (Å²) < 4.78 is 0.806. The van der Waals surface area contributed by atoms with Gasteiger partial charge in [0.25, 0.3) is 0 Å². The monoisotopic (exact) mass is 436 g/mol. The summed E-state index contributed by atoms with van der Waals surface area (Å²) in [6.45, 7) is 2.65. The Balaban J connectivity index is 1.25. The van der Waals surface area contributed by atoms with Crippen molar-refractivity contribution in [2.45, 2.75) is 12.8 Å². The Morgan fingerprint density at radius 2 is 1.77 bits per heavy atom. The number of pyridine rings is 1. The first-order chi connectivity index (χ1) is 15.1. The van der Waals surface area contributed by atoms with E-state index in [1.807, 2.05) is 24.3 Å². The van der Waals surface area contributed by atoms with E-state index in [1.165, 1.54) is 11.3 Å². The van der Waals surface area contributed by atoms with Crippen LogP contribution in [0.2, 0.25) is 0 Å². The quantitative estimate of drug-likeness (QED) is 0.634. The Morgan fingerprint density at radius 1 is 1.00 bits per heavy atom. The molecule has 31 heavy (non-hydrogen) atoms. The zero-order valence-electron chi connectivity index (χ0n) is 16.7. The third-order valence-electron chi connectivity index (χ3n) is 5.41. The molecule has 2 aromatic heterocycles. The van der Waals surface area contributed by atoms with Crippen LogP contribution in [-0.2, 0) is 9.59 Å². The van der Waals surface area contributed by atoms with E-state index in [-0.39, 0.29) is 30.7 Å².